The number of sulfonamides is 1. The number of aromatic carboxylic acids is 1. The molecule has 0 saturated carbocycles. The maximum Gasteiger partial charge on any atom is 0.356 e. The summed E-state index contributed by atoms with van der Waals surface area (Å²) in [5.74, 6) is -1.43. The van der Waals surface area contributed by atoms with Crippen LogP contribution in [0.2, 0.25) is 10.0 Å². The first-order valence-corrected chi connectivity index (χ1v) is 8.50. The minimum absolute atomic E-state index is 0.00284. The molecule has 21 heavy (non-hydrogen) atoms. The van der Waals surface area contributed by atoms with Crippen LogP contribution < -0.4 is 4.72 Å². The molecule has 2 N–H and O–H groups in total. The molecular formula is C11H8Cl2N2O4S2. The van der Waals surface area contributed by atoms with Crippen LogP contribution in [0.15, 0.2) is 21.9 Å². The van der Waals surface area contributed by atoms with Crippen LogP contribution in [0.5, 0.6) is 0 Å². The summed E-state index contributed by atoms with van der Waals surface area (Å²) in [5, 5.41) is 9.19. The van der Waals surface area contributed by atoms with Gasteiger partial charge in [-0.3, -0.25) is 4.72 Å². The predicted octanol–water partition coefficient (Wildman–Crippen LogP) is 3.26. The zero-order valence-corrected chi connectivity index (χ0v) is 13.6. The molecular weight excluding hydrogens is 359 g/mol. The van der Waals surface area contributed by atoms with Crippen molar-refractivity contribution in [2.75, 3.05) is 4.72 Å². The van der Waals surface area contributed by atoms with Crippen LogP contribution in [0.25, 0.3) is 0 Å². The van der Waals surface area contributed by atoms with E-state index < -0.39 is 25.9 Å². The van der Waals surface area contributed by atoms with E-state index in [0.717, 1.165) is 5.51 Å². The van der Waals surface area contributed by atoms with Gasteiger partial charge in [0.2, 0.25) is 0 Å². The molecule has 2 rings (SSSR count). The lowest BCUT2D eigenvalue weighted by molar-refractivity contribution is 0.0687. The number of aryl methyl sites for hydroxylation is 1. The largest absolute Gasteiger partial charge is 0.476 e. The summed E-state index contributed by atoms with van der Waals surface area (Å²) in [6.45, 7) is 1.69. The Morgan fingerprint density at radius 3 is 2.67 bits per heavy atom. The highest BCUT2D eigenvalue weighted by Gasteiger charge is 2.27. The third kappa shape index (κ3) is 3.13. The van der Waals surface area contributed by atoms with E-state index in [0.29, 0.717) is 16.9 Å². The van der Waals surface area contributed by atoms with E-state index in [4.69, 9.17) is 28.3 Å². The summed E-state index contributed by atoms with van der Waals surface area (Å²) < 4.78 is 26.4. The molecule has 0 unspecified atom stereocenters. The number of aromatic nitrogens is 1. The van der Waals surface area contributed by atoms with Crippen molar-refractivity contribution in [3.05, 3.63) is 38.9 Å². The first-order chi connectivity index (χ1) is 9.74. The van der Waals surface area contributed by atoms with Crippen LogP contribution in [0.1, 0.15) is 16.1 Å². The molecule has 0 radical (unpaired) electrons. The van der Waals surface area contributed by atoms with Gasteiger partial charge in [0.15, 0.2) is 9.90 Å². The lowest BCUT2D eigenvalue weighted by Gasteiger charge is -2.12. The molecule has 1 heterocycles. The number of halogens is 2. The molecule has 0 atom stereocenters. The predicted molar refractivity (Wildman–Crippen MR) is 81.1 cm³/mol. The minimum Gasteiger partial charge on any atom is -0.476 e. The second-order valence-electron chi connectivity index (χ2n) is 3.95. The van der Waals surface area contributed by atoms with Crippen LogP contribution >= 0.6 is 34.5 Å². The fraction of sp³-hybridized carbons (Fsp3) is 0.0909. The Kier molecular flexibility index (Phi) is 4.43. The van der Waals surface area contributed by atoms with Crippen molar-refractivity contribution in [3.63, 3.8) is 0 Å². The Bertz CT molecular complexity index is 818. The van der Waals surface area contributed by atoms with Crippen molar-refractivity contribution in [2.45, 2.75) is 11.1 Å². The standard InChI is InChI=1S/C11H8Cl2N2O4S2/c1-5-2-3-6(12)8(7(5)13)15-21(18,19)11-9(10(16)17)14-4-20-11/h2-4,15H,1H3,(H,16,17). The molecule has 0 spiro atoms. The molecule has 1 aromatic carbocycles. The molecule has 0 aliphatic heterocycles. The Balaban J connectivity index is 2.50. The Morgan fingerprint density at radius 1 is 1.38 bits per heavy atom. The topological polar surface area (TPSA) is 96.4 Å². The number of nitrogens with one attached hydrogen (secondary N) is 1. The first kappa shape index (κ1) is 16.0. The molecule has 2 aromatic rings. The van der Waals surface area contributed by atoms with Crippen LogP contribution in [0, 0.1) is 6.92 Å². The molecule has 112 valence electrons. The van der Waals surface area contributed by atoms with Crippen LogP contribution in [0.4, 0.5) is 5.69 Å². The second-order valence-corrected chi connectivity index (χ2v) is 7.47. The highest BCUT2D eigenvalue weighted by molar-refractivity contribution is 7.94. The molecule has 1 aromatic heterocycles. The molecule has 0 aliphatic carbocycles. The van der Waals surface area contributed by atoms with Crippen molar-refractivity contribution < 1.29 is 18.3 Å². The molecule has 6 nitrogen and oxygen atoms in total. The Hall–Kier alpha value is -1.35. The van der Waals surface area contributed by atoms with E-state index in [1.54, 1.807) is 13.0 Å². The van der Waals surface area contributed by atoms with Crippen LogP contribution in [-0.2, 0) is 10.0 Å². The number of anilines is 1. The van der Waals surface area contributed by atoms with Crippen LogP contribution in [-0.4, -0.2) is 24.5 Å². The number of carbonyl (C=O) groups is 1. The zero-order valence-electron chi connectivity index (χ0n) is 10.4. The summed E-state index contributed by atoms with van der Waals surface area (Å²) in [5.41, 5.74) is 1.22. The minimum atomic E-state index is -4.15. The van der Waals surface area contributed by atoms with Gasteiger partial charge in [0, 0.05) is 0 Å². The Labute approximate surface area is 134 Å². The van der Waals surface area contributed by atoms with Gasteiger partial charge in [0.25, 0.3) is 10.0 Å². The number of carboxylic acid groups (broad SMARTS) is 1. The van der Waals surface area contributed by atoms with E-state index >= 15 is 0 Å². The average molecular weight is 367 g/mol. The van der Waals surface area contributed by atoms with E-state index in [1.807, 2.05) is 0 Å². The lowest BCUT2D eigenvalue weighted by atomic mass is 10.2. The van der Waals surface area contributed by atoms with Crippen LogP contribution in [0.3, 0.4) is 0 Å². The van der Waals surface area contributed by atoms with Gasteiger partial charge >= 0.3 is 5.97 Å². The summed E-state index contributed by atoms with van der Waals surface area (Å²) in [4.78, 5) is 14.5. The molecule has 0 bridgehead atoms. The number of nitrogens with zero attached hydrogens (tertiary/aromatic N) is 1. The van der Waals surface area contributed by atoms with Crippen molar-refractivity contribution in [2.24, 2.45) is 0 Å². The number of rotatable bonds is 4. The van der Waals surface area contributed by atoms with Gasteiger partial charge in [-0.05, 0) is 18.6 Å². The number of thiazole rings is 1. The normalized spacial score (nSPS) is 11.4. The third-order valence-corrected chi connectivity index (χ3v) is 6.02. The first-order valence-electron chi connectivity index (χ1n) is 5.38. The number of carboxylic acids is 1. The Morgan fingerprint density at radius 2 is 2.05 bits per heavy atom. The fourth-order valence-electron chi connectivity index (χ4n) is 1.50. The third-order valence-electron chi connectivity index (χ3n) is 2.50. The SMILES string of the molecule is Cc1ccc(Cl)c(NS(=O)(=O)c2scnc2C(=O)O)c1Cl. The smallest absolute Gasteiger partial charge is 0.356 e. The molecule has 0 amide bonds. The quantitative estimate of drug-likeness (QED) is 0.865. The monoisotopic (exact) mass is 366 g/mol. The summed E-state index contributed by atoms with van der Waals surface area (Å²) in [7, 11) is -4.15. The van der Waals surface area contributed by atoms with Crippen molar-refractivity contribution in [1.29, 1.82) is 0 Å². The van der Waals surface area contributed by atoms with E-state index in [1.165, 1.54) is 6.07 Å². The average Bonchev–Trinajstić information content (AvgIpc) is 2.89. The van der Waals surface area contributed by atoms with Crippen molar-refractivity contribution in [1.82, 2.24) is 4.98 Å². The van der Waals surface area contributed by atoms with Gasteiger partial charge in [0.1, 0.15) is 0 Å². The second kappa shape index (κ2) is 5.80. The molecule has 0 aliphatic rings. The van der Waals surface area contributed by atoms with Gasteiger partial charge in [-0.25, -0.2) is 18.2 Å². The summed E-state index contributed by atoms with van der Waals surface area (Å²) >= 11 is 12.7. The van der Waals surface area contributed by atoms with Gasteiger partial charge in [-0.15, -0.1) is 11.3 Å². The van der Waals surface area contributed by atoms with Gasteiger partial charge in [-0.1, -0.05) is 29.3 Å². The maximum atomic E-state index is 12.3. The van der Waals surface area contributed by atoms with Crippen molar-refractivity contribution in [3.8, 4) is 0 Å². The number of benzene rings is 1. The van der Waals surface area contributed by atoms with E-state index in [2.05, 4.69) is 9.71 Å². The van der Waals surface area contributed by atoms with E-state index in [9.17, 15) is 13.2 Å². The maximum absolute atomic E-state index is 12.3. The molecule has 10 heteroatoms. The number of hydrogen-bond acceptors (Lipinski definition) is 5. The van der Waals surface area contributed by atoms with Gasteiger partial charge < -0.3 is 5.11 Å². The fourth-order valence-corrected chi connectivity index (χ4v) is 4.31. The van der Waals surface area contributed by atoms with Gasteiger partial charge in [-0.2, -0.15) is 0 Å². The summed E-state index contributed by atoms with van der Waals surface area (Å²) in [6.07, 6.45) is 0. The highest BCUT2D eigenvalue weighted by Crippen LogP contribution is 2.35. The van der Waals surface area contributed by atoms with Crippen molar-refractivity contribution >= 4 is 56.2 Å². The van der Waals surface area contributed by atoms with E-state index in [-0.39, 0.29) is 15.7 Å². The van der Waals surface area contributed by atoms with Gasteiger partial charge in [0.05, 0.1) is 21.2 Å². The number of hydrogen-bond donors (Lipinski definition) is 2. The lowest BCUT2D eigenvalue weighted by Crippen LogP contribution is -2.16. The molecule has 0 fully saturated rings. The zero-order chi connectivity index (χ0) is 15.8. The highest BCUT2D eigenvalue weighted by atomic mass is 35.5. The summed E-state index contributed by atoms with van der Waals surface area (Å²) in [6, 6.07) is 3.13. The molecule has 0 saturated heterocycles.